The zero-order valence-corrected chi connectivity index (χ0v) is 13.5. The van der Waals surface area contributed by atoms with Gasteiger partial charge in [0.25, 0.3) is 0 Å². The number of nitrogens with zero attached hydrogens (tertiary/aromatic N) is 3. The Morgan fingerprint density at radius 3 is 2.95 bits per heavy atom. The number of rotatable bonds is 5. The normalized spacial score (nSPS) is 13.7. The summed E-state index contributed by atoms with van der Waals surface area (Å²) >= 11 is 3.43. The number of nitriles is 1. The Morgan fingerprint density at radius 1 is 1.52 bits per heavy atom. The Labute approximate surface area is 131 Å². The van der Waals surface area contributed by atoms with Gasteiger partial charge in [0.1, 0.15) is 5.60 Å². The highest BCUT2D eigenvalue weighted by atomic mass is 79.9. The minimum Gasteiger partial charge on any atom is -0.383 e. The average molecular weight is 350 g/mol. The number of aliphatic hydroxyl groups is 1. The number of benzene rings is 1. The second-order valence-corrected chi connectivity index (χ2v) is 5.68. The molecule has 1 aromatic heterocycles. The average Bonchev–Trinajstić information content (AvgIpc) is 2.86. The molecular weight excluding hydrogens is 334 g/mol. The van der Waals surface area contributed by atoms with Gasteiger partial charge in [0.2, 0.25) is 0 Å². The van der Waals surface area contributed by atoms with Gasteiger partial charge in [-0.2, -0.15) is 10.4 Å². The zero-order valence-electron chi connectivity index (χ0n) is 11.9. The van der Waals surface area contributed by atoms with Gasteiger partial charge < -0.3 is 9.84 Å². The third kappa shape index (κ3) is 3.16. The van der Waals surface area contributed by atoms with Crippen LogP contribution in [0, 0.1) is 11.3 Å². The maximum Gasteiger partial charge on any atom is 0.129 e. The van der Waals surface area contributed by atoms with E-state index in [-0.39, 0.29) is 0 Å². The summed E-state index contributed by atoms with van der Waals surface area (Å²) in [5, 5.41) is 24.2. The smallest absolute Gasteiger partial charge is 0.129 e. The van der Waals surface area contributed by atoms with Crippen molar-refractivity contribution in [1.82, 2.24) is 9.78 Å². The molecule has 1 atom stereocenters. The minimum atomic E-state index is -1.27. The van der Waals surface area contributed by atoms with Crippen LogP contribution in [0.5, 0.6) is 0 Å². The summed E-state index contributed by atoms with van der Waals surface area (Å²) < 4.78 is 7.48. The lowest BCUT2D eigenvalue weighted by atomic mass is 9.91. The number of hydrogen-bond acceptors (Lipinski definition) is 4. The van der Waals surface area contributed by atoms with Crippen molar-refractivity contribution in [2.75, 3.05) is 13.7 Å². The molecule has 1 aromatic carbocycles. The van der Waals surface area contributed by atoms with E-state index in [9.17, 15) is 5.11 Å². The first-order valence-electron chi connectivity index (χ1n) is 6.44. The van der Waals surface area contributed by atoms with Gasteiger partial charge in [-0.05, 0) is 40.5 Å². The van der Waals surface area contributed by atoms with Crippen LogP contribution in [0.25, 0.3) is 0 Å². The van der Waals surface area contributed by atoms with Gasteiger partial charge in [-0.15, -0.1) is 0 Å². The van der Waals surface area contributed by atoms with Gasteiger partial charge in [0.15, 0.2) is 0 Å². The van der Waals surface area contributed by atoms with Crippen LogP contribution in [0.15, 0.2) is 34.9 Å². The molecular formula is C15H16BrN3O2. The second kappa shape index (κ2) is 6.39. The van der Waals surface area contributed by atoms with Crippen molar-refractivity contribution in [1.29, 1.82) is 5.26 Å². The summed E-state index contributed by atoms with van der Waals surface area (Å²) in [6, 6.07) is 9.02. The van der Waals surface area contributed by atoms with E-state index in [0.29, 0.717) is 34.4 Å². The lowest BCUT2D eigenvalue weighted by Gasteiger charge is -2.26. The molecule has 0 bridgehead atoms. The first-order chi connectivity index (χ1) is 10.0. The molecule has 2 rings (SSSR count). The highest BCUT2D eigenvalue weighted by Gasteiger charge is 2.32. The number of ether oxygens (including phenoxy) is 1. The van der Waals surface area contributed by atoms with Crippen molar-refractivity contribution >= 4 is 15.9 Å². The predicted molar refractivity (Wildman–Crippen MR) is 81.6 cm³/mol. The van der Waals surface area contributed by atoms with E-state index < -0.39 is 5.60 Å². The molecule has 0 saturated carbocycles. The van der Waals surface area contributed by atoms with Crippen molar-refractivity contribution in [3.63, 3.8) is 0 Å². The van der Waals surface area contributed by atoms with Crippen LogP contribution < -0.4 is 0 Å². The van der Waals surface area contributed by atoms with Gasteiger partial charge in [0, 0.05) is 7.11 Å². The van der Waals surface area contributed by atoms with Gasteiger partial charge >= 0.3 is 0 Å². The molecule has 0 aliphatic rings. The monoisotopic (exact) mass is 349 g/mol. The fourth-order valence-electron chi connectivity index (χ4n) is 2.22. The van der Waals surface area contributed by atoms with Gasteiger partial charge in [-0.3, -0.25) is 4.68 Å². The Balaban J connectivity index is 2.48. The van der Waals surface area contributed by atoms with Crippen molar-refractivity contribution < 1.29 is 9.84 Å². The Kier molecular flexibility index (Phi) is 4.78. The number of halogens is 1. The summed E-state index contributed by atoms with van der Waals surface area (Å²) in [6.45, 7) is 2.72. The Morgan fingerprint density at radius 2 is 2.29 bits per heavy atom. The summed E-state index contributed by atoms with van der Waals surface area (Å²) in [5.74, 6) is 0. The first-order valence-corrected chi connectivity index (χ1v) is 7.23. The highest BCUT2D eigenvalue weighted by Crippen LogP contribution is 2.34. The molecule has 0 amide bonds. The van der Waals surface area contributed by atoms with E-state index in [1.165, 1.54) is 0 Å². The number of aromatic nitrogens is 2. The van der Waals surface area contributed by atoms with Crippen LogP contribution >= 0.6 is 15.9 Å². The maximum atomic E-state index is 11.0. The molecule has 1 heterocycles. The van der Waals surface area contributed by atoms with Gasteiger partial charge in [-0.25, -0.2) is 0 Å². The minimum absolute atomic E-state index is 0.495. The molecule has 1 N–H and O–H groups in total. The first kappa shape index (κ1) is 15.7. The summed E-state index contributed by atoms with van der Waals surface area (Å²) in [5.41, 5.74) is 0.513. The molecule has 0 radical (unpaired) electrons. The summed E-state index contributed by atoms with van der Waals surface area (Å²) in [6.07, 6.45) is 1.65. The number of hydrogen-bond donors (Lipinski definition) is 1. The number of methoxy groups -OCH3 is 1. The van der Waals surface area contributed by atoms with E-state index in [2.05, 4.69) is 27.1 Å². The molecule has 0 aliphatic heterocycles. The molecule has 110 valence electrons. The molecule has 1 unspecified atom stereocenters. The highest BCUT2D eigenvalue weighted by molar-refractivity contribution is 9.10. The second-order valence-electron chi connectivity index (χ2n) is 4.82. The molecule has 5 nitrogen and oxygen atoms in total. The molecule has 21 heavy (non-hydrogen) atoms. The van der Waals surface area contributed by atoms with Gasteiger partial charge in [0.05, 0.1) is 41.1 Å². The molecule has 0 spiro atoms. The van der Waals surface area contributed by atoms with E-state index in [4.69, 9.17) is 10.00 Å². The molecule has 0 saturated heterocycles. The fraction of sp³-hybridized carbons (Fsp3) is 0.333. The van der Waals surface area contributed by atoms with Crippen molar-refractivity contribution in [3.8, 4) is 6.07 Å². The lowest BCUT2D eigenvalue weighted by molar-refractivity contribution is 0.0875. The SMILES string of the molecule is COCCn1ncc(Br)c1C(C)(O)c1cccc(C#N)c1. The standard InChI is InChI=1S/C15H16BrN3O2/c1-15(20,12-5-3-4-11(8-12)9-17)14-13(16)10-18-19(14)6-7-21-2/h3-5,8,10,20H,6-7H2,1-2H3. The third-order valence-corrected chi connectivity index (χ3v) is 3.90. The largest absolute Gasteiger partial charge is 0.383 e. The third-order valence-electron chi connectivity index (χ3n) is 3.32. The van der Waals surface area contributed by atoms with Crippen LogP contribution in [0.4, 0.5) is 0 Å². The molecule has 6 heteroatoms. The fourth-order valence-corrected chi connectivity index (χ4v) is 2.90. The predicted octanol–water partition coefficient (Wildman–Crippen LogP) is 2.42. The lowest BCUT2D eigenvalue weighted by Crippen LogP contribution is -2.28. The van der Waals surface area contributed by atoms with Crippen LogP contribution in [-0.4, -0.2) is 28.6 Å². The molecule has 2 aromatic rings. The van der Waals surface area contributed by atoms with Crippen LogP contribution in [0.1, 0.15) is 23.7 Å². The summed E-state index contributed by atoms with van der Waals surface area (Å²) in [7, 11) is 1.62. The van der Waals surface area contributed by atoms with E-state index in [1.54, 1.807) is 49.2 Å². The van der Waals surface area contributed by atoms with Crippen LogP contribution in [0.3, 0.4) is 0 Å². The zero-order chi connectivity index (χ0) is 15.5. The quantitative estimate of drug-likeness (QED) is 0.899. The van der Waals surface area contributed by atoms with Crippen molar-refractivity contribution in [2.24, 2.45) is 0 Å². The van der Waals surface area contributed by atoms with E-state index >= 15 is 0 Å². The van der Waals surface area contributed by atoms with Gasteiger partial charge in [-0.1, -0.05) is 12.1 Å². The van der Waals surface area contributed by atoms with E-state index in [1.807, 2.05) is 0 Å². The topological polar surface area (TPSA) is 71.1 Å². The summed E-state index contributed by atoms with van der Waals surface area (Å²) in [4.78, 5) is 0. The Hall–Kier alpha value is -1.68. The van der Waals surface area contributed by atoms with Crippen LogP contribution in [0.2, 0.25) is 0 Å². The maximum absolute atomic E-state index is 11.0. The van der Waals surface area contributed by atoms with Crippen molar-refractivity contribution in [2.45, 2.75) is 19.1 Å². The molecule has 0 fully saturated rings. The molecule has 0 aliphatic carbocycles. The Bertz CT molecular complexity index is 674. The van der Waals surface area contributed by atoms with E-state index in [0.717, 1.165) is 0 Å². The van der Waals surface area contributed by atoms with Crippen LogP contribution in [-0.2, 0) is 16.9 Å². The van der Waals surface area contributed by atoms with Crippen molar-refractivity contribution in [3.05, 3.63) is 51.8 Å².